The van der Waals surface area contributed by atoms with Crippen molar-refractivity contribution in [3.63, 3.8) is 0 Å². The van der Waals surface area contributed by atoms with E-state index in [0.717, 1.165) is 61.2 Å². The van der Waals surface area contributed by atoms with E-state index in [9.17, 15) is 4.79 Å². The monoisotopic (exact) mass is 410 g/mol. The Hall–Kier alpha value is -2.63. The number of amides is 1. The zero-order chi connectivity index (χ0) is 21.9. The topological polar surface area (TPSA) is 58.6 Å². The quantitative estimate of drug-likeness (QED) is 0.751. The van der Waals surface area contributed by atoms with Crippen molar-refractivity contribution in [1.29, 1.82) is 0 Å². The standard InChI is InChI=1S/C24H34N4O2/c1-17-21(15-19-7-9-20(30-6)10-8-19)23(26-18(2)25-17)28-13-11-27(12-14-28)22(29)16-24(3,4)5/h7-10H,11-16H2,1-6H3. The summed E-state index contributed by atoms with van der Waals surface area (Å²) in [4.78, 5) is 26.3. The average Bonchev–Trinajstić information content (AvgIpc) is 2.69. The van der Waals surface area contributed by atoms with E-state index in [0.29, 0.717) is 6.42 Å². The van der Waals surface area contributed by atoms with Crippen LogP contribution in [-0.4, -0.2) is 54.1 Å². The number of nitrogens with zero attached hydrogens (tertiary/aromatic N) is 4. The van der Waals surface area contributed by atoms with Crippen LogP contribution in [0.25, 0.3) is 0 Å². The predicted molar refractivity (Wildman–Crippen MR) is 120 cm³/mol. The maximum absolute atomic E-state index is 12.6. The van der Waals surface area contributed by atoms with Gasteiger partial charge in [0.2, 0.25) is 5.91 Å². The normalized spacial score (nSPS) is 14.7. The first-order valence-electron chi connectivity index (χ1n) is 10.7. The Morgan fingerprint density at radius 2 is 1.67 bits per heavy atom. The number of carbonyl (C=O) groups excluding carboxylic acids is 1. The first kappa shape index (κ1) is 22.1. The molecule has 1 aromatic heterocycles. The zero-order valence-electron chi connectivity index (χ0n) is 19.2. The SMILES string of the molecule is COc1ccc(Cc2c(C)nc(C)nc2N2CCN(C(=O)CC(C)(C)C)CC2)cc1. The zero-order valence-corrected chi connectivity index (χ0v) is 19.2. The second-order valence-electron chi connectivity index (χ2n) is 9.29. The number of carbonyl (C=O) groups is 1. The molecule has 0 bridgehead atoms. The molecule has 1 aromatic carbocycles. The Labute approximate surface area is 180 Å². The van der Waals surface area contributed by atoms with E-state index in [4.69, 9.17) is 9.72 Å². The van der Waals surface area contributed by atoms with Crippen molar-refractivity contribution in [2.45, 2.75) is 47.5 Å². The Kier molecular flexibility index (Phi) is 6.64. The largest absolute Gasteiger partial charge is 0.497 e. The lowest BCUT2D eigenvalue weighted by Crippen LogP contribution is -2.50. The van der Waals surface area contributed by atoms with Gasteiger partial charge in [0, 0.05) is 50.3 Å². The molecule has 0 unspecified atom stereocenters. The van der Waals surface area contributed by atoms with Crippen LogP contribution in [0.3, 0.4) is 0 Å². The number of anilines is 1. The van der Waals surface area contributed by atoms with Gasteiger partial charge in [-0.25, -0.2) is 9.97 Å². The summed E-state index contributed by atoms with van der Waals surface area (Å²) in [7, 11) is 1.68. The van der Waals surface area contributed by atoms with E-state index in [1.54, 1.807) is 7.11 Å². The maximum Gasteiger partial charge on any atom is 0.223 e. The van der Waals surface area contributed by atoms with Gasteiger partial charge in [-0.3, -0.25) is 4.79 Å². The number of aryl methyl sites for hydroxylation is 2. The predicted octanol–water partition coefficient (Wildman–Crippen LogP) is 3.78. The van der Waals surface area contributed by atoms with Gasteiger partial charge >= 0.3 is 0 Å². The summed E-state index contributed by atoms with van der Waals surface area (Å²) in [5.74, 6) is 2.88. The minimum atomic E-state index is 0.0145. The number of hydrogen-bond donors (Lipinski definition) is 0. The summed E-state index contributed by atoms with van der Waals surface area (Å²) >= 11 is 0. The molecule has 6 heteroatoms. The summed E-state index contributed by atoms with van der Waals surface area (Å²) in [6, 6.07) is 8.15. The number of aromatic nitrogens is 2. The van der Waals surface area contributed by atoms with Gasteiger partial charge in [-0.05, 0) is 37.0 Å². The van der Waals surface area contributed by atoms with Crippen LogP contribution < -0.4 is 9.64 Å². The molecule has 0 N–H and O–H groups in total. The first-order valence-corrected chi connectivity index (χ1v) is 10.7. The van der Waals surface area contributed by atoms with Crippen LogP contribution >= 0.6 is 0 Å². The molecule has 1 aliphatic rings. The molecular formula is C24H34N4O2. The van der Waals surface area contributed by atoms with Gasteiger partial charge in [0.15, 0.2) is 0 Å². The molecule has 0 radical (unpaired) electrons. The first-order chi connectivity index (χ1) is 14.2. The third-order valence-electron chi connectivity index (χ3n) is 5.46. The lowest BCUT2D eigenvalue weighted by atomic mass is 9.91. The lowest BCUT2D eigenvalue weighted by molar-refractivity contribution is -0.133. The van der Waals surface area contributed by atoms with E-state index in [1.165, 1.54) is 5.56 Å². The third-order valence-corrected chi connectivity index (χ3v) is 5.46. The molecule has 30 heavy (non-hydrogen) atoms. The molecule has 1 saturated heterocycles. The molecule has 2 heterocycles. The summed E-state index contributed by atoms with van der Waals surface area (Å²) in [5, 5.41) is 0. The number of rotatable bonds is 5. The summed E-state index contributed by atoms with van der Waals surface area (Å²) < 4.78 is 5.27. The fourth-order valence-electron chi connectivity index (χ4n) is 3.87. The average molecular weight is 411 g/mol. The van der Waals surface area contributed by atoms with Gasteiger partial charge in [-0.15, -0.1) is 0 Å². The van der Waals surface area contributed by atoms with Gasteiger partial charge in [0.05, 0.1) is 7.11 Å². The van der Waals surface area contributed by atoms with E-state index < -0.39 is 0 Å². The van der Waals surface area contributed by atoms with E-state index in [1.807, 2.05) is 24.0 Å². The number of benzene rings is 1. The minimum Gasteiger partial charge on any atom is -0.497 e. The molecule has 3 rings (SSSR count). The van der Waals surface area contributed by atoms with Crippen LogP contribution in [0.15, 0.2) is 24.3 Å². The molecule has 1 fully saturated rings. The summed E-state index contributed by atoms with van der Waals surface area (Å²) in [6.45, 7) is 13.4. The van der Waals surface area contributed by atoms with Crippen LogP contribution in [-0.2, 0) is 11.2 Å². The number of hydrogen-bond acceptors (Lipinski definition) is 5. The van der Waals surface area contributed by atoms with Gasteiger partial charge in [-0.2, -0.15) is 0 Å². The van der Waals surface area contributed by atoms with Gasteiger partial charge < -0.3 is 14.5 Å². The van der Waals surface area contributed by atoms with Gasteiger partial charge in [-0.1, -0.05) is 32.9 Å². The second-order valence-corrected chi connectivity index (χ2v) is 9.29. The van der Waals surface area contributed by atoms with Crippen LogP contribution in [0.1, 0.15) is 49.8 Å². The smallest absolute Gasteiger partial charge is 0.223 e. The fourth-order valence-corrected chi connectivity index (χ4v) is 3.87. The molecule has 1 aliphatic heterocycles. The highest BCUT2D eigenvalue weighted by Gasteiger charge is 2.27. The van der Waals surface area contributed by atoms with Crippen molar-refractivity contribution < 1.29 is 9.53 Å². The maximum atomic E-state index is 12.6. The third kappa shape index (κ3) is 5.49. The van der Waals surface area contributed by atoms with Crippen molar-refractivity contribution in [3.8, 4) is 5.75 Å². The molecular weight excluding hydrogens is 376 g/mol. The lowest BCUT2D eigenvalue weighted by Gasteiger charge is -2.37. The van der Waals surface area contributed by atoms with Crippen LogP contribution in [0.2, 0.25) is 0 Å². The Morgan fingerprint density at radius 3 is 2.23 bits per heavy atom. The van der Waals surface area contributed by atoms with Crippen LogP contribution in [0.5, 0.6) is 5.75 Å². The van der Waals surface area contributed by atoms with Crippen molar-refractivity contribution in [2.75, 3.05) is 38.2 Å². The number of ether oxygens (including phenoxy) is 1. The summed E-state index contributed by atoms with van der Waals surface area (Å²) in [6.07, 6.45) is 1.36. The number of methoxy groups -OCH3 is 1. The number of piperazine rings is 1. The molecule has 0 saturated carbocycles. The van der Waals surface area contributed by atoms with Crippen molar-refractivity contribution in [3.05, 3.63) is 46.9 Å². The van der Waals surface area contributed by atoms with Gasteiger partial charge in [0.25, 0.3) is 0 Å². The molecule has 2 aromatic rings. The summed E-state index contributed by atoms with van der Waals surface area (Å²) in [5.41, 5.74) is 3.38. The highest BCUT2D eigenvalue weighted by molar-refractivity contribution is 5.77. The molecule has 162 valence electrons. The van der Waals surface area contributed by atoms with E-state index in [-0.39, 0.29) is 11.3 Å². The Balaban J connectivity index is 1.76. The fraction of sp³-hybridized carbons (Fsp3) is 0.542. The second kappa shape index (κ2) is 9.02. The highest BCUT2D eigenvalue weighted by Crippen LogP contribution is 2.27. The molecule has 6 nitrogen and oxygen atoms in total. The van der Waals surface area contributed by atoms with Crippen LogP contribution in [0.4, 0.5) is 5.82 Å². The molecule has 0 atom stereocenters. The van der Waals surface area contributed by atoms with Crippen LogP contribution in [0, 0.1) is 19.3 Å². The van der Waals surface area contributed by atoms with Crippen molar-refractivity contribution in [1.82, 2.24) is 14.9 Å². The Morgan fingerprint density at radius 1 is 1.03 bits per heavy atom. The minimum absolute atomic E-state index is 0.0145. The van der Waals surface area contributed by atoms with Crippen molar-refractivity contribution in [2.24, 2.45) is 5.41 Å². The Bertz CT molecular complexity index is 879. The van der Waals surface area contributed by atoms with E-state index >= 15 is 0 Å². The van der Waals surface area contributed by atoms with Gasteiger partial charge in [0.1, 0.15) is 17.4 Å². The van der Waals surface area contributed by atoms with Crippen molar-refractivity contribution >= 4 is 11.7 Å². The molecule has 0 spiro atoms. The molecule has 0 aliphatic carbocycles. The van der Waals surface area contributed by atoms with E-state index in [2.05, 4.69) is 49.7 Å². The molecule has 1 amide bonds. The highest BCUT2D eigenvalue weighted by atomic mass is 16.5.